The van der Waals surface area contributed by atoms with Crippen LogP contribution >= 0.6 is 11.8 Å². The molecule has 1 atom stereocenters. The molecule has 0 aromatic carbocycles. The van der Waals surface area contributed by atoms with Crippen LogP contribution in [0.5, 0.6) is 0 Å². The van der Waals surface area contributed by atoms with Crippen LogP contribution < -0.4 is 11.1 Å². The molecule has 1 heterocycles. The quantitative estimate of drug-likeness (QED) is 0.594. The molecule has 0 bridgehead atoms. The average Bonchev–Trinajstić information content (AvgIpc) is 2.41. The van der Waals surface area contributed by atoms with E-state index in [0.29, 0.717) is 26.1 Å². The minimum atomic E-state index is -0.736. The molecule has 1 unspecified atom stereocenters. The minimum absolute atomic E-state index is 0.0734. The Labute approximate surface area is 136 Å². The van der Waals surface area contributed by atoms with Crippen LogP contribution in [0.15, 0.2) is 0 Å². The predicted molar refractivity (Wildman–Crippen MR) is 88.8 cm³/mol. The first-order chi connectivity index (χ1) is 10.2. The van der Waals surface area contributed by atoms with Gasteiger partial charge in [-0.3, -0.25) is 9.69 Å². The maximum absolute atomic E-state index is 12.5. The molecule has 1 saturated heterocycles. The van der Waals surface area contributed by atoms with Crippen molar-refractivity contribution in [2.24, 2.45) is 5.73 Å². The largest absolute Gasteiger partial charge is 0.389 e. The molecule has 1 rings (SSSR count). The van der Waals surface area contributed by atoms with Gasteiger partial charge in [-0.1, -0.05) is 0 Å². The van der Waals surface area contributed by atoms with Gasteiger partial charge in [-0.15, -0.1) is 0 Å². The lowest BCUT2D eigenvalue weighted by atomic mass is 10.1. The molecule has 8 heteroatoms. The highest BCUT2D eigenvalue weighted by molar-refractivity contribution is 7.98. The Kier molecular flexibility index (Phi) is 7.44. The lowest BCUT2D eigenvalue weighted by Crippen LogP contribution is -2.57. The standard InChI is InChI=1S/C14H28N4O3S/c1-14(2,21)10-17-5-7-18(8-6-17)12(19)11(4-9-22-3)16-13(15)20/h11,21H,4-10H2,1-3H3,(H3,15,16,20). The summed E-state index contributed by atoms with van der Waals surface area (Å²) < 4.78 is 0. The monoisotopic (exact) mass is 332 g/mol. The lowest BCUT2D eigenvalue weighted by molar-refractivity contribution is -0.135. The topological polar surface area (TPSA) is 98.9 Å². The van der Waals surface area contributed by atoms with Crippen LogP contribution in [0.2, 0.25) is 0 Å². The molecule has 128 valence electrons. The molecule has 4 N–H and O–H groups in total. The molecule has 1 aliphatic rings. The molecular formula is C14H28N4O3S. The summed E-state index contributed by atoms with van der Waals surface area (Å²) in [5.41, 5.74) is 4.42. The molecule has 0 radical (unpaired) electrons. The van der Waals surface area contributed by atoms with Gasteiger partial charge in [0.15, 0.2) is 0 Å². The Morgan fingerprint density at radius 2 is 1.91 bits per heavy atom. The summed E-state index contributed by atoms with van der Waals surface area (Å²) in [6.07, 6.45) is 2.54. The van der Waals surface area contributed by atoms with Crippen LogP contribution in [0.4, 0.5) is 4.79 Å². The van der Waals surface area contributed by atoms with E-state index >= 15 is 0 Å². The zero-order chi connectivity index (χ0) is 16.8. The zero-order valence-electron chi connectivity index (χ0n) is 13.7. The van der Waals surface area contributed by atoms with Gasteiger partial charge >= 0.3 is 6.03 Å². The van der Waals surface area contributed by atoms with E-state index < -0.39 is 17.7 Å². The van der Waals surface area contributed by atoms with Crippen molar-refractivity contribution in [2.75, 3.05) is 44.7 Å². The number of aliphatic hydroxyl groups is 1. The molecule has 0 aliphatic carbocycles. The second kappa shape index (κ2) is 8.59. The third kappa shape index (κ3) is 6.85. The molecule has 3 amide bonds. The fraction of sp³-hybridized carbons (Fsp3) is 0.857. The van der Waals surface area contributed by atoms with Crippen molar-refractivity contribution in [3.05, 3.63) is 0 Å². The van der Waals surface area contributed by atoms with E-state index in [1.54, 1.807) is 30.5 Å². The molecule has 7 nitrogen and oxygen atoms in total. The molecule has 0 saturated carbocycles. The summed E-state index contributed by atoms with van der Waals surface area (Å²) in [6.45, 7) is 6.79. The summed E-state index contributed by atoms with van der Waals surface area (Å²) in [5.74, 6) is 0.714. The van der Waals surface area contributed by atoms with Crippen LogP contribution in [0.1, 0.15) is 20.3 Å². The number of piperazine rings is 1. The number of β-amino-alcohol motifs (C(OH)–C–C–N with tert-alkyl or cyclic N) is 1. The van der Waals surface area contributed by atoms with Gasteiger partial charge in [0, 0.05) is 32.7 Å². The molecule has 22 heavy (non-hydrogen) atoms. The Hall–Kier alpha value is -0.990. The Balaban J connectivity index is 2.52. The number of nitrogens with two attached hydrogens (primary N) is 1. The van der Waals surface area contributed by atoms with Crippen LogP contribution in [0.25, 0.3) is 0 Å². The van der Waals surface area contributed by atoms with Crippen molar-refractivity contribution in [1.29, 1.82) is 0 Å². The number of carbonyl (C=O) groups is 2. The first kappa shape index (κ1) is 19.1. The number of amides is 3. The predicted octanol–water partition coefficient (Wildman–Crippen LogP) is -0.308. The van der Waals surface area contributed by atoms with Gasteiger partial charge < -0.3 is 21.1 Å². The van der Waals surface area contributed by atoms with Gasteiger partial charge in [0.2, 0.25) is 5.91 Å². The molecule has 1 fully saturated rings. The fourth-order valence-electron chi connectivity index (χ4n) is 2.56. The van der Waals surface area contributed by atoms with Crippen molar-refractivity contribution in [1.82, 2.24) is 15.1 Å². The number of rotatable bonds is 7. The maximum Gasteiger partial charge on any atom is 0.312 e. The first-order valence-corrected chi connectivity index (χ1v) is 8.91. The fourth-order valence-corrected chi connectivity index (χ4v) is 3.03. The van der Waals surface area contributed by atoms with E-state index in [2.05, 4.69) is 10.2 Å². The van der Waals surface area contributed by atoms with Crippen molar-refractivity contribution in [2.45, 2.75) is 31.9 Å². The minimum Gasteiger partial charge on any atom is -0.389 e. The van der Waals surface area contributed by atoms with Gasteiger partial charge in [0.05, 0.1) is 5.60 Å². The van der Waals surface area contributed by atoms with Crippen molar-refractivity contribution < 1.29 is 14.7 Å². The normalized spacial score (nSPS) is 18.1. The highest BCUT2D eigenvalue weighted by Gasteiger charge is 2.29. The van der Waals surface area contributed by atoms with Crippen molar-refractivity contribution in [3.63, 3.8) is 0 Å². The van der Waals surface area contributed by atoms with Gasteiger partial charge in [0.1, 0.15) is 6.04 Å². The highest BCUT2D eigenvalue weighted by atomic mass is 32.2. The van der Waals surface area contributed by atoms with Crippen LogP contribution in [0.3, 0.4) is 0 Å². The highest BCUT2D eigenvalue weighted by Crippen LogP contribution is 2.11. The second-order valence-corrected chi connectivity index (χ2v) is 7.24. The Morgan fingerprint density at radius 1 is 1.32 bits per heavy atom. The number of nitrogens with zero attached hydrogens (tertiary/aromatic N) is 2. The van der Waals surface area contributed by atoms with E-state index in [0.717, 1.165) is 18.8 Å². The molecule has 0 aromatic rings. The Morgan fingerprint density at radius 3 is 2.36 bits per heavy atom. The summed E-state index contributed by atoms with van der Waals surface area (Å²) >= 11 is 1.63. The first-order valence-electron chi connectivity index (χ1n) is 7.51. The van der Waals surface area contributed by atoms with E-state index in [-0.39, 0.29) is 5.91 Å². The van der Waals surface area contributed by atoms with Gasteiger partial charge in [0.25, 0.3) is 0 Å². The number of primary amides is 1. The SMILES string of the molecule is CSCCC(NC(N)=O)C(=O)N1CCN(CC(C)(C)O)CC1. The average molecular weight is 332 g/mol. The van der Waals surface area contributed by atoms with Gasteiger partial charge in [-0.25, -0.2) is 4.79 Å². The van der Waals surface area contributed by atoms with E-state index in [1.165, 1.54) is 0 Å². The number of nitrogens with one attached hydrogen (secondary N) is 1. The number of carbonyl (C=O) groups excluding carboxylic acids is 2. The van der Waals surface area contributed by atoms with Crippen LogP contribution in [-0.2, 0) is 4.79 Å². The molecular weight excluding hydrogens is 304 g/mol. The summed E-state index contributed by atoms with van der Waals surface area (Å²) in [6, 6.07) is -1.22. The van der Waals surface area contributed by atoms with E-state index in [9.17, 15) is 14.7 Å². The number of thioether (sulfide) groups is 1. The van der Waals surface area contributed by atoms with Crippen molar-refractivity contribution >= 4 is 23.7 Å². The Bertz CT molecular complexity index is 379. The lowest BCUT2D eigenvalue weighted by Gasteiger charge is -2.38. The molecule has 1 aliphatic heterocycles. The van der Waals surface area contributed by atoms with Crippen LogP contribution in [-0.4, -0.2) is 83.2 Å². The second-order valence-electron chi connectivity index (χ2n) is 6.26. The third-order valence-corrected chi connectivity index (χ3v) is 4.16. The van der Waals surface area contributed by atoms with Crippen molar-refractivity contribution in [3.8, 4) is 0 Å². The maximum atomic E-state index is 12.5. The smallest absolute Gasteiger partial charge is 0.312 e. The summed E-state index contributed by atoms with van der Waals surface area (Å²) in [4.78, 5) is 27.5. The summed E-state index contributed by atoms with van der Waals surface area (Å²) in [7, 11) is 0. The zero-order valence-corrected chi connectivity index (χ0v) is 14.5. The van der Waals surface area contributed by atoms with Gasteiger partial charge in [-0.2, -0.15) is 11.8 Å². The summed E-state index contributed by atoms with van der Waals surface area (Å²) in [5, 5.41) is 12.4. The number of hydrogen-bond donors (Lipinski definition) is 3. The van der Waals surface area contributed by atoms with Gasteiger partial charge in [-0.05, 0) is 32.3 Å². The number of urea groups is 1. The van der Waals surface area contributed by atoms with E-state index in [1.807, 2.05) is 6.26 Å². The van der Waals surface area contributed by atoms with Crippen LogP contribution in [0, 0.1) is 0 Å². The van der Waals surface area contributed by atoms with E-state index in [4.69, 9.17) is 5.73 Å². The molecule has 0 aromatic heterocycles. The molecule has 0 spiro atoms. The third-order valence-electron chi connectivity index (χ3n) is 3.52. The number of hydrogen-bond acceptors (Lipinski definition) is 5.